The zero-order valence-electron chi connectivity index (χ0n) is 26.7. The van der Waals surface area contributed by atoms with Crippen molar-refractivity contribution in [2.45, 2.75) is 78.9 Å². The van der Waals surface area contributed by atoms with Crippen molar-refractivity contribution in [3.05, 3.63) is 102 Å². The summed E-state index contributed by atoms with van der Waals surface area (Å²) in [5, 5.41) is 5.98. The Labute approximate surface area is 261 Å². The minimum atomic E-state index is -1.15. The van der Waals surface area contributed by atoms with E-state index in [1.54, 1.807) is 13.8 Å². The molecule has 44 heavy (non-hydrogen) atoms. The van der Waals surface area contributed by atoms with Crippen LogP contribution < -0.4 is 10.6 Å². The first-order valence-corrected chi connectivity index (χ1v) is 15.1. The Hall–Kier alpha value is -4.23. The van der Waals surface area contributed by atoms with Crippen LogP contribution in [0.25, 0.3) is 17.2 Å². The van der Waals surface area contributed by atoms with E-state index in [4.69, 9.17) is 9.47 Å². The lowest BCUT2D eigenvalue weighted by atomic mass is 9.85. The number of carbonyl (C=O) groups excluding carboxylic acids is 3. The number of cyclic esters (lactones) is 1. The van der Waals surface area contributed by atoms with E-state index in [1.165, 1.54) is 0 Å². The predicted octanol–water partition coefficient (Wildman–Crippen LogP) is 6.77. The largest absolute Gasteiger partial charge is 0.432 e. The molecule has 7 heteroatoms. The predicted molar refractivity (Wildman–Crippen MR) is 173 cm³/mol. The van der Waals surface area contributed by atoms with Gasteiger partial charge in [-0.1, -0.05) is 112 Å². The first kappa shape index (κ1) is 32.7. The molecule has 1 fully saturated rings. The van der Waals surface area contributed by atoms with Crippen LogP contribution in [0.3, 0.4) is 0 Å². The zero-order valence-corrected chi connectivity index (χ0v) is 26.7. The lowest BCUT2D eigenvalue weighted by Gasteiger charge is -2.33. The second-order valence-electron chi connectivity index (χ2n) is 13.0. The number of allylic oxidation sites excluding steroid dienone is 1. The maximum Gasteiger partial charge on any atom is 0.338 e. The Balaban J connectivity index is 1.53. The van der Waals surface area contributed by atoms with E-state index in [9.17, 15) is 14.4 Å². The summed E-state index contributed by atoms with van der Waals surface area (Å²) in [4.78, 5) is 40.3. The minimum Gasteiger partial charge on any atom is -0.432 e. The van der Waals surface area contributed by atoms with Gasteiger partial charge in [0.05, 0.1) is 12.0 Å². The number of hydrogen-bond donors (Lipinski definition) is 2. The third-order valence-corrected chi connectivity index (χ3v) is 7.80. The highest BCUT2D eigenvalue weighted by Gasteiger charge is 2.48. The van der Waals surface area contributed by atoms with E-state index < -0.39 is 41.1 Å². The summed E-state index contributed by atoms with van der Waals surface area (Å²) >= 11 is 0. The topological polar surface area (TPSA) is 93.7 Å². The fourth-order valence-electron chi connectivity index (χ4n) is 5.42. The van der Waals surface area contributed by atoms with Gasteiger partial charge in [0.1, 0.15) is 6.04 Å². The molecule has 3 aromatic rings. The quantitative estimate of drug-likeness (QED) is 0.252. The monoisotopic (exact) mass is 596 g/mol. The number of ether oxygens (including phenoxy) is 2. The fourth-order valence-corrected chi connectivity index (χ4v) is 5.42. The van der Waals surface area contributed by atoms with Crippen molar-refractivity contribution in [1.82, 2.24) is 10.6 Å². The summed E-state index contributed by atoms with van der Waals surface area (Å²) in [6.45, 7) is 12.9. The van der Waals surface area contributed by atoms with Gasteiger partial charge in [0.15, 0.2) is 6.10 Å². The summed E-state index contributed by atoms with van der Waals surface area (Å²) in [5.41, 5.74) is 4.74. The molecule has 0 spiro atoms. The first-order chi connectivity index (χ1) is 20.7. The van der Waals surface area contributed by atoms with E-state index in [0.29, 0.717) is 0 Å². The molecule has 0 saturated carbocycles. The number of esters is 1. The van der Waals surface area contributed by atoms with Crippen LogP contribution in [0.5, 0.6) is 0 Å². The van der Waals surface area contributed by atoms with Gasteiger partial charge in [0.25, 0.3) is 0 Å². The normalized spacial score (nSPS) is 18.3. The molecule has 1 aliphatic rings. The highest BCUT2D eigenvalue weighted by molar-refractivity contribution is 5.92. The third-order valence-electron chi connectivity index (χ3n) is 7.80. The lowest BCUT2D eigenvalue weighted by molar-refractivity contribution is -0.162. The van der Waals surface area contributed by atoms with Crippen molar-refractivity contribution < 1.29 is 23.9 Å². The van der Waals surface area contributed by atoms with Crippen LogP contribution in [0.15, 0.2) is 84.9 Å². The molecular weight excluding hydrogens is 552 g/mol. The average molecular weight is 597 g/mol. The molecule has 4 atom stereocenters. The molecule has 0 radical (unpaired) electrons. The van der Waals surface area contributed by atoms with Crippen LogP contribution in [0.4, 0.5) is 0 Å². The molecule has 0 aliphatic carbocycles. The molecule has 3 aromatic carbocycles. The highest BCUT2D eigenvalue weighted by Crippen LogP contribution is 2.31. The Morgan fingerprint density at radius 2 is 1.57 bits per heavy atom. The van der Waals surface area contributed by atoms with Gasteiger partial charge < -0.3 is 20.1 Å². The average Bonchev–Trinajstić information content (AvgIpc) is 3.25. The van der Waals surface area contributed by atoms with Gasteiger partial charge in [-0.25, -0.2) is 4.79 Å². The standard InChI is InChI=1S/C37H44N2O5/c1-24-23-26(21-22-29(24)28-18-12-9-13-19-28)15-14-20-30(31-35(42)44-37(6,7)43-31)33(40)39-32(36(3,4)5)34(41)38-25(2)27-16-10-8-11-17-27/h8-19,21-23,25,30-32H,20H2,1-7H3,(H,38,41)(H,39,40)/b15-14+/t25-,30-,31+,32-/m1/s1. The Kier molecular flexibility index (Phi) is 10.1. The second kappa shape index (κ2) is 13.6. The minimum absolute atomic E-state index is 0.208. The van der Waals surface area contributed by atoms with E-state index in [0.717, 1.165) is 27.8 Å². The summed E-state index contributed by atoms with van der Waals surface area (Å²) < 4.78 is 11.3. The molecule has 2 amide bonds. The number of benzene rings is 3. The van der Waals surface area contributed by atoms with E-state index in [-0.39, 0.29) is 18.4 Å². The third kappa shape index (κ3) is 8.23. The van der Waals surface area contributed by atoms with Crippen molar-refractivity contribution in [3.63, 3.8) is 0 Å². The van der Waals surface area contributed by atoms with Crippen molar-refractivity contribution >= 4 is 23.9 Å². The molecule has 0 unspecified atom stereocenters. The maximum absolute atomic E-state index is 13.9. The highest BCUT2D eigenvalue weighted by atomic mass is 16.8. The number of rotatable bonds is 10. The molecular formula is C37H44N2O5. The van der Waals surface area contributed by atoms with Crippen LogP contribution in [0, 0.1) is 18.3 Å². The van der Waals surface area contributed by atoms with Gasteiger partial charge in [0, 0.05) is 13.8 Å². The summed E-state index contributed by atoms with van der Waals surface area (Å²) in [6.07, 6.45) is 2.90. The van der Waals surface area contributed by atoms with Gasteiger partial charge in [-0.3, -0.25) is 9.59 Å². The Bertz CT molecular complexity index is 1490. The summed E-state index contributed by atoms with van der Waals surface area (Å²) in [6, 6.07) is 24.9. The summed E-state index contributed by atoms with van der Waals surface area (Å²) in [5.74, 6) is -3.41. The maximum atomic E-state index is 13.9. The molecule has 0 aromatic heterocycles. The number of amides is 2. The lowest BCUT2D eigenvalue weighted by Crippen LogP contribution is -2.56. The van der Waals surface area contributed by atoms with Crippen LogP contribution in [-0.2, 0) is 23.9 Å². The smallest absolute Gasteiger partial charge is 0.338 e. The van der Waals surface area contributed by atoms with E-state index >= 15 is 0 Å². The van der Waals surface area contributed by atoms with Gasteiger partial charge in [-0.2, -0.15) is 0 Å². The molecule has 1 saturated heterocycles. The molecule has 1 aliphatic heterocycles. The number of hydrogen-bond acceptors (Lipinski definition) is 5. The van der Waals surface area contributed by atoms with Gasteiger partial charge in [-0.15, -0.1) is 0 Å². The van der Waals surface area contributed by atoms with Gasteiger partial charge in [-0.05, 0) is 53.5 Å². The Morgan fingerprint density at radius 1 is 0.932 bits per heavy atom. The first-order valence-electron chi connectivity index (χ1n) is 15.1. The second-order valence-corrected chi connectivity index (χ2v) is 13.0. The van der Waals surface area contributed by atoms with Gasteiger partial charge >= 0.3 is 5.97 Å². The van der Waals surface area contributed by atoms with Crippen LogP contribution >= 0.6 is 0 Å². The molecule has 4 rings (SSSR count). The van der Waals surface area contributed by atoms with Crippen molar-refractivity contribution in [2.24, 2.45) is 11.3 Å². The molecule has 1 heterocycles. The SMILES string of the molecule is Cc1cc(/C=C/C[C@@H](C(=O)N[C@H](C(=O)N[C@H](C)c2ccccc2)C(C)(C)C)[C@@H]2OC(C)(C)OC2=O)ccc1-c1ccccc1. The molecule has 232 valence electrons. The van der Waals surface area contributed by atoms with E-state index in [1.807, 2.05) is 94.4 Å². The van der Waals surface area contributed by atoms with Gasteiger partial charge in [0.2, 0.25) is 17.6 Å². The van der Waals surface area contributed by atoms with Crippen LogP contribution in [0.1, 0.15) is 70.7 Å². The van der Waals surface area contributed by atoms with Crippen molar-refractivity contribution in [2.75, 3.05) is 0 Å². The number of nitrogens with one attached hydrogen (secondary N) is 2. The van der Waals surface area contributed by atoms with Crippen LogP contribution in [0.2, 0.25) is 0 Å². The summed E-state index contributed by atoms with van der Waals surface area (Å²) in [7, 11) is 0. The molecule has 7 nitrogen and oxygen atoms in total. The van der Waals surface area contributed by atoms with Crippen molar-refractivity contribution in [3.8, 4) is 11.1 Å². The zero-order chi connectivity index (χ0) is 32.1. The molecule has 2 N–H and O–H groups in total. The van der Waals surface area contributed by atoms with E-state index in [2.05, 4.69) is 41.8 Å². The fraction of sp³-hybridized carbons (Fsp3) is 0.378. The van der Waals surface area contributed by atoms with Crippen molar-refractivity contribution in [1.29, 1.82) is 0 Å². The van der Waals surface area contributed by atoms with Crippen LogP contribution in [-0.4, -0.2) is 35.7 Å². The number of carbonyl (C=O) groups is 3. The number of aryl methyl sites for hydroxylation is 1. The molecule has 0 bridgehead atoms. The Morgan fingerprint density at radius 3 is 2.14 bits per heavy atom.